The fourth-order valence-electron chi connectivity index (χ4n) is 2.72. The Morgan fingerprint density at radius 1 is 1.33 bits per heavy atom. The van der Waals surface area contributed by atoms with Crippen LogP contribution in [0.1, 0.15) is 58.4 Å². The van der Waals surface area contributed by atoms with Crippen LogP contribution in [0.2, 0.25) is 0 Å². The molecule has 0 saturated carbocycles. The van der Waals surface area contributed by atoms with Crippen LogP contribution in [0.5, 0.6) is 5.75 Å². The van der Waals surface area contributed by atoms with E-state index in [1.54, 1.807) is 0 Å². The third-order valence-corrected chi connectivity index (χ3v) is 5.35. The molecule has 1 aromatic carbocycles. The molecule has 1 aliphatic heterocycles. The molecule has 0 amide bonds. The van der Waals surface area contributed by atoms with E-state index in [9.17, 15) is 0 Å². The van der Waals surface area contributed by atoms with Crippen molar-refractivity contribution in [2.24, 2.45) is 0 Å². The van der Waals surface area contributed by atoms with Crippen LogP contribution in [-0.2, 0) is 5.41 Å². The predicted molar refractivity (Wildman–Crippen MR) is 93.2 cm³/mol. The summed E-state index contributed by atoms with van der Waals surface area (Å²) < 4.78 is 7.02. The molecule has 0 aliphatic carbocycles. The van der Waals surface area contributed by atoms with E-state index in [2.05, 4.69) is 60.2 Å². The molecule has 1 atom stereocenters. The van der Waals surface area contributed by atoms with Crippen LogP contribution >= 0.6 is 15.9 Å². The summed E-state index contributed by atoms with van der Waals surface area (Å²) in [6, 6.07) is 7.14. The minimum Gasteiger partial charge on any atom is -0.492 e. The highest BCUT2D eigenvalue weighted by Crippen LogP contribution is 2.33. The Morgan fingerprint density at radius 3 is 2.76 bits per heavy atom. The van der Waals surface area contributed by atoms with Gasteiger partial charge in [0.05, 0.1) is 11.1 Å². The molecule has 0 bridgehead atoms. The highest BCUT2D eigenvalue weighted by molar-refractivity contribution is 9.10. The molecule has 0 radical (unpaired) electrons. The van der Waals surface area contributed by atoms with Crippen molar-refractivity contribution in [3.63, 3.8) is 0 Å². The molecule has 0 aromatic heterocycles. The number of benzene rings is 1. The first-order chi connectivity index (χ1) is 10.0. The fraction of sp³-hybridized carbons (Fsp3) is 0.667. The van der Waals surface area contributed by atoms with Gasteiger partial charge in [-0.15, -0.1) is 0 Å². The number of piperidine rings is 1. The quantitative estimate of drug-likeness (QED) is 0.772. The largest absolute Gasteiger partial charge is 0.492 e. The van der Waals surface area contributed by atoms with Crippen molar-refractivity contribution >= 4 is 15.9 Å². The first-order valence-corrected chi connectivity index (χ1v) is 8.98. The van der Waals surface area contributed by atoms with Crippen LogP contribution in [-0.4, -0.2) is 19.2 Å². The third kappa shape index (κ3) is 4.72. The van der Waals surface area contributed by atoms with E-state index < -0.39 is 0 Å². The standard InChI is InChI=1S/C18H28BrNO/c1-4-18(2,3)14-8-9-17(16(19)13-14)21-12-10-15-7-5-6-11-20-15/h8-9,13,15,20H,4-7,10-12H2,1-3H3/t15-/m1/s1. The highest BCUT2D eigenvalue weighted by Gasteiger charge is 2.19. The lowest BCUT2D eigenvalue weighted by Crippen LogP contribution is -2.35. The topological polar surface area (TPSA) is 21.3 Å². The zero-order valence-corrected chi connectivity index (χ0v) is 15.1. The lowest BCUT2D eigenvalue weighted by molar-refractivity contribution is 0.267. The summed E-state index contributed by atoms with van der Waals surface area (Å²) in [4.78, 5) is 0. The van der Waals surface area contributed by atoms with Gasteiger partial charge in [0.25, 0.3) is 0 Å². The molecule has 0 spiro atoms. The van der Waals surface area contributed by atoms with Gasteiger partial charge in [0.15, 0.2) is 0 Å². The monoisotopic (exact) mass is 353 g/mol. The molecular formula is C18H28BrNO. The van der Waals surface area contributed by atoms with Gasteiger partial charge in [-0.25, -0.2) is 0 Å². The maximum atomic E-state index is 5.95. The molecular weight excluding hydrogens is 326 g/mol. The van der Waals surface area contributed by atoms with Gasteiger partial charge in [0.2, 0.25) is 0 Å². The number of ether oxygens (including phenoxy) is 1. The van der Waals surface area contributed by atoms with E-state index >= 15 is 0 Å². The van der Waals surface area contributed by atoms with Gasteiger partial charge in [-0.1, -0.05) is 33.3 Å². The van der Waals surface area contributed by atoms with E-state index in [1.165, 1.54) is 24.8 Å². The molecule has 1 heterocycles. The Kier molecular flexibility index (Phi) is 6.12. The molecule has 3 heteroatoms. The molecule has 118 valence electrons. The van der Waals surface area contributed by atoms with E-state index in [0.29, 0.717) is 6.04 Å². The molecule has 2 rings (SSSR count). The Labute approximate surface area is 137 Å². The smallest absolute Gasteiger partial charge is 0.133 e. The van der Waals surface area contributed by atoms with Crippen molar-refractivity contribution in [1.29, 1.82) is 0 Å². The molecule has 0 unspecified atom stereocenters. The average molecular weight is 354 g/mol. The number of rotatable bonds is 6. The summed E-state index contributed by atoms with van der Waals surface area (Å²) in [6.45, 7) is 8.74. The minimum atomic E-state index is 0.215. The van der Waals surface area contributed by atoms with Crippen molar-refractivity contribution in [1.82, 2.24) is 5.32 Å². The van der Waals surface area contributed by atoms with Crippen LogP contribution < -0.4 is 10.1 Å². The first kappa shape index (κ1) is 16.8. The van der Waals surface area contributed by atoms with Crippen LogP contribution in [0, 0.1) is 0 Å². The van der Waals surface area contributed by atoms with Crippen molar-refractivity contribution < 1.29 is 4.74 Å². The fourth-order valence-corrected chi connectivity index (χ4v) is 3.22. The van der Waals surface area contributed by atoms with E-state index in [1.807, 2.05) is 0 Å². The lowest BCUT2D eigenvalue weighted by Gasteiger charge is -2.25. The second kappa shape index (κ2) is 7.64. The number of halogens is 1. The maximum absolute atomic E-state index is 5.95. The molecule has 1 aliphatic rings. The van der Waals surface area contributed by atoms with Gasteiger partial charge in [-0.2, -0.15) is 0 Å². The Hall–Kier alpha value is -0.540. The van der Waals surface area contributed by atoms with Crippen molar-refractivity contribution in [2.75, 3.05) is 13.2 Å². The van der Waals surface area contributed by atoms with E-state index in [4.69, 9.17) is 4.74 Å². The van der Waals surface area contributed by atoms with Gasteiger partial charge in [0, 0.05) is 6.04 Å². The van der Waals surface area contributed by atoms with Gasteiger partial charge < -0.3 is 10.1 Å². The normalized spacial score (nSPS) is 19.5. The van der Waals surface area contributed by atoms with E-state index in [-0.39, 0.29) is 5.41 Å². The highest BCUT2D eigenvalue weighted by atomic mass is 79.9. The zero-order chi connectivity index (χ0) is 15.3. The average Bonchev–Trinajstić information content (AvgIpc) is 2.50. The van der Waals surface area contributed by atoms with Gasteiger partial charge >= 0.3 is 0 Å². The maximum Gasteiger partial charge on any atom is 0.133 e. The third-order valence-electron chi connectivity index (χ3n) is 4.73. The molecule has 1 saturated heterocycles. The van der Waals surface area contributed by atoms with E-state index in [0.717, 1.165) is 36.2 Å². The number of hydrogen-bond acceptors (Lipinski definition) is 2. The minimum absolute atomic E-state index is 0.215. The summed E-state index contributed by atoms with van der Waals surface area (Å²) in [5.74, 6) is 0.960. The van der Waals surface area contributed by atoms with Crippen LogP contribution in [0.15, 0.2) is 22.7 Å². The van der Waals surface area contributed by atoms with Crippen LogP contribution in [0.25, 0.3) is 0 Å². The van der Waals surface area contributed by atoms with Crippen LogP contribution in [0.4, 0.5) is 0 Å². The van der Waals surface area contributed by atoms with Crippen LogP contribution in [0.3, 0.4) is 0 Å². The summed E-state index contributed by atoms with van der Waals surface area (Å²) in [6.07, 6.45) is 6.18. The first-order valence-electron chi connectivity index (χ1n) is 8.19. The Morgan fingerprint density at radius 2 is 2.14 bits per heavy atom. The molecule has 2 nitrogen and oxygen atoms in total. The summed E-state index contributed by atoms with van der Waals surface area (Å²) in [5, 5.41) is 3.56. The Bertz CT molecular complexity index is 453. The summed E-state index contributed by atoms with van der Waals surface area (Å²) in [5.41, 5.74) is 1.57. The van der Waals surface area contributed by atoms with Crippen molar-refractivity contribution in [2.45, 2.75) is 64.3 Å². The van der Waals surface area contributed by atoms with Gasteiger partial charge in [0.1, 0.15) is 5.75 Å². The summed E-state index contributed by atoms with van der Waals surface area (Å²) in [7, 11) is 0. The predicted octanol–water partition coefficient (Wildman–Crippen LogP) is 5.05. The molecule has 1 N–H and O–H groups in total. The molecule has 1 aromatic rings. The second-order valence-corrected chi connectivity index (χ2v) is 7.52. The second-order valence-electron chi connectivity index (χ2n) is 6.67. The van der Waals surface area contributed by atoms with Gasteiger partial charge in [-0.3, -0.25) is 0 Å². The summed E-state index contributed by atoms with van der Waals surface area (Å²) >= 11 is 3.65. The van der Waals surface area contributed by atoms with Crippen molar-refractivity contribution in [3.8, 4) is 5.75 Å². The molecule has 1 fully saturated rings. The van der Waals surface area contributed by atoms with Gasteiger partial charge in [-0.05, 0) is 71.3 Å². The Balaban J connectivity index is 1.89. The SMILES string of the molecule is CCC(C)(C)c1ccc(OCC[C@H]2CCCCN2)c(Br)c1. The number of hydrogen-bond donors (Lipinski definition) is 1. The zero-order valence-electron chi connectivity index (χ0n) is 13.5. The number of nitrogens with one attached hydrogen (secondary N) is 1. The lowest BCUT2D eigenvalue weighted by atomic mass is 9.82. The molecule has 21 heavy (non-hydrogen) atoms. The van der Waals surface area contributed by atoms with Crippen molar-refractivity contribution in [3.05, 3.63) is 28.2 Å².